The molecule has 3 heterocycles. The number of morpholine rings is 1. The van der Waals surface area contributed by atoms with Crippen LogP contribution in [0.4, 0.5) is 10.1 Å². The van der Waals surface area contributed by atoms with Crippen LogP contribution in [0.25, 0.3) is 0 Å². The summed E-state index contributed by atoms with van der Waals surface area (Å²) in [7, 11) is -4.20. The molecule has 3 aliphatic heterocycles. The maximum Gasteiger partial charge on any atom is 0.326 e. The monoisotopic (exact) mass is 428 g/mol. The number of nitrogens with one attached hydrogen (secondary N) is 1. The van der Waals surface area contributed by atoms with Crippen LogP contribution in [-0.4, -0.2) is 81.7 Å². The molecule has 160 valence electrons. The van der Waals surface area contributed by atoms with E-state index in [9.17, 15) is 18.3 Å². The maximum atomic E-state index is 15.3. The molecule has 0 atom stereocenters. The van der Waals surface area contributed by atoms with Crippen molar-refractivity contribution in [1.29, 1.82) is 0 Å². The smallest absolute Gasteiger partial charge is 0.326 e. The first-order valence-electron chi connectivity index (χ1n) is 9.74. The minimum atomic E-state index is -4.20. The van der Waals surface area contributed by atoms with Crippen LogP contribution in [0.5, 0.6) is 5.75 Å². The van der Waals surface area contributed by atoms with Crippen molar-refractivity contribution in [3.63, 3.8) is 0 Å². The first-order chi connectivity index (χ1) is 13.8. The van der Waals surface area contributed by atoms with Crippen molar-refractivity contribution in [2.24, 2.45) is 0 Å². The van der Waals surface area contributed by atoms with Crippen molar-refractivity contribution in [2.75, 3.05) is 56.8 Å². The number of phenolic OH excluding ortho intramolecular Hbond substituents is 1. The van der Waals surface area contributed by atoms with Crippen LogP contribution in [0, 0.1) is 5.82 Å². The van der Waals surface area contributed by atoms with Gasteiger partial charge in [0.05, 0.1) is 13.2 Å². The molecule has 3 aliphatic rings. The fraction of sp³-hybridized carbons (Fsp3) is 0.611. The first kappa shape index (κ1) is 20.3. The summed E-state index contributed by atoms with van der Waals surface area (Å²) in [5.74, 6) is -2.01. The van der Waals surface area contributed by atoms with Crippen LogP contribution in [0.15, 0.2) is 6.07 Å². The summed E-state index contributed by atoms with van der Waals surface area (Å²) in [6, 6.07) is 1.41. The average molecular weight is 428 g/mol. The molecule has 11 heteroatoms. The second kappa shape index (κ2) is 8.05. The predicted molar refractivity (Wildman–Crippen MR) is 103 cm³/mol. The van der Waals surface area contributed by atoms with E-state index in [2.05, 4.69) is 9.80 Å². The molecule has 2 fully saturated rings. The van der Waals surface area contributed by atoms with E-state index >= 15 is 4.39 Å². The number of fused-ring (bicyclic) bond motifs is 1. The van der Waals surface area contributed by atoms with Crippen molar-refractivity contribution in [3.8, 4) is 5.75 Å². The number of ether oxygens (including phenoxy) is 1. The minimum Gasteiger partial charge on any atom is -0.506 e. The van der Waals surface area contributed by atoms with E-state index < -0.39 is 39.9 Å². The molecule has 1 amide bonds. The van der Waals surface area contributed by atoms with E-state index in [0.717, 1.165) is 52.4 Å². The standard InChI is InChI=1S/C18H25FN4O5S/c19-17-14-11-22(4-1-3-21-6-8-28-9-7-21)5-2-13(14)10-15(24)18(17)23-12-16(25)20-29(23,26)27/h10,24H,1-9,11-12H2,(H,20,25). The highest BCUT2D eigenvalue weighted by molar-refractivity contribution is 7.92. The van der Waals surface area contributed by atoms with Crippen LogP contribution >= 0.6 is 0 Å². The zero-order chi connectivity index (χ0) is 20.6. The number of amides is 1. The molecule has 0 aromatic heterocycles. The molecule has 0 unspecified atom stereocenters. The molecule has 0 radical (unpaired) electrons. The number of anilines is 1. The summed E-state index contributed by atoms with van der Waals surface area (Å²) < 4.78 is 47.2. The summed E-state index contributed by atoms with van der Waals surface area (Å²) in [5.41, 5.74) is 0.589. The first-order valence-corrected chi connectivity index (χ1v) is 11.2. The van der Waals surface area contributed by atoms with Gasteiger partial charge in [-0.2, -0.15) is 8.42 Å². The summed E-state index contributed by atoms with van der Waals surface area (Å²) in [6.07, 6.45) is 1.52. The molecular weight excluding hydrogens is 403 g/mol. The molecule has 0 spiro atoms. The number of benzene rings is 1. The minimum absolute atomic E-state index is 0.340. The number of aromatic hydroxyl groups is 1. The van der Waals surface area contributed by atoms with Gasteiger partial charge in [0.25, 0.3) is 5.91 Å². The third-order valence-corrected chi connectivity index (χ3v) is 6.99. The predicted octanol–water partition coefficient (Wildman–Crippen LogP) is -0.207. The zero-order valence-electron chi connectivity index (χ0n) is 16.1. The third-order valence-electron chi connectivity index (χ3n) is 5.62. The van der Waals surface area contributed by atoms with Gasteiger partial charge in [-0.25, -0.2) is 13.4 Å². The Hall–Kier alpha value is -1.95. The lowest BCUT2D eigenvalue weighted by Crippen LogP contribution is -2.39. The van der Waals surface area contributed by atoms with Gasteiger partial charge in [0.1, 0.15) is 18.0 Å². The number of nitrogens with zero attached hydrogens (tertiary/aromatic N) is 3. The summed E-state index contributed by atoms with van der Waals surface area (Å²) >= 11 is 0. The van der Waals surface area contributed by atoms with Crippen molar-refractivity contribution in [1.82, 2.24) is 14.5 Å². The number of carbonyl (C=O) groups excluding carboxylic acids is 1. The Morgan fingerprint density at radius 2 is 1.86 bits per heavy atom. The fourth-order valence-electron chi connectivity index (χ4n) is 4.11. The highest BCUT2D eigenvalue weighted by Crippen LogP contribution is 2.38. The van der Waals surface area contributed by atoms with Gasteiger partial charge < -0.3 is 9.84 Å². The van der Waals surface area contributed by atoms with Gasteiger partial charge >= 0.3 is 10.2 Å². The van der Waals surface area contributed by atoms with Crippen molar-refractivity contribution < 1.29 is 27.4 Å². The topological polar surface area (TPSA) is 102 Å². The Bertz CT molecular complexity index is 904. The Balaban J connectivity index is 1.48. The van der Waals surface area contributed by atoms with Gasteiger partial charge in [0, 0.05) is 31.7 Å². The SMILES string of the molecule is O=C1CN(c2c(O)cc3c(c2F)CN(CCCN2CCOCC2)CC3)S(=O)(=O)N1. The zero-order valence-corrected chi connectivity index (χ0v) is 16.9. The molecule has 1 aromatic carbocycles. The number of hydrogen-bond donors (Lipinski definition) is 2. The Labute approximate surface area is 169 Å². The molecule has 9 nitrogen and oxygen atoms in total. The largest absolute Gasteiger partial charge is 0.506 e. The van der Waals surface area contributed by atoms with Gasteiger partial charge in [0.2, 0.25) is 0 Å². The third kappa shape index (κ3) is 4.18. The lowest BCUT2D eigenvalue weighted by molar-refractivity contribution is -0.117. The van der Waals surface area contributed by atoms with Gasteiger partial charge in [-0.05, 0) is 37.6 Å². The van der Waals surface area contributed by atoms with E-state index in [1.165, 1.54) is 6.07 Å². The molecule has 1 aromatic rings. The van der Waals surface area contributed by atoms with Crippen molar-refractivity contribution >= 4 is 21.8 Å². The lowest BCUT2D eigenvalue weighted by atomic mass is 9.97. The van der Waals surface area contributed by atoms with Gasteiger partial charge in [-0.15, -0.1) is 0 Å². The number of rotatable bonds is 5. The highest BCUT2D eigenvalue weighted by Gasteiger charge is 2.38. The van der Waals surface area contributed by atoms with Crippen LogP contribution < -0.4 is 9.03 Å². The number of hydrogen-bond acceptors (Lipinski definition) is 7. The summed E-state index contributed by atoms with van der Waals surface area (Å²) in [4.78, 5) is 16.0. The van der Waals surface area contributed by atoms with Crippen LogP contribution in [0.2, 0.25) is 0 Å². The molecule has 0 bridgehead atoms. The number of carbonyl (C=O) groups is 1. The molecule has 4 rings (SSSR count). The fourth-order valence-corrected chi connectivity index (χ4v) is 5.27. The van der Waals surface area contributed by atoms with E-state index in [-0.39, 0.29) is 0 Å². The van der Waals surface area contributed by atoms with E-state index in [1.807, 2.05) is 0 Å². The molecule has 2 saturated heterocycles. The molecule has 29 heavy (non-hydrogen) atoms. The summed E-state index contributed by atoms with van der Waals surface area (Å²) in [5, 5.41) is 10.3. The molecule has 2 N–H and O–H groups in total. The van der Waals surface area contributed by atoms with Crippen LogP contribution in [0.3, 0.4) is 0 Å². The Morgan fingerprint density at radius 1 is 1.14 bits per heavy atom. The lowest BCUT2D eigenvalue weighted by Gasteiger charge is -2.32. The second-order valence-electron chi connectivity index (χ2n) is 7.57. The molecule has 0 aliphatic carbocycles. The highest BCUT2D eigenvalue weighted by atomic mass is 32.2. The Morgan fingerprint density at radius 3 is 2.55 bits per heavy atom. The van der Waals surface area contributed by atoms with E-state index in [0.29, 0.717) is 28.4 Å². The summed E-state index contributed by atoms with van der Waals surface area (Å²) in [6.45, 7) is 5.66. The van der Waals surface area contributed by atoms with E-state index in [1.54, 1.807) is 4.72 Å². The Kier molecular flexibility index (Phi) is 5.65. The van der Waals surface area contributed by atoms with E-state index in [4.69, 9.17) is 4.74 Å². The van der Waals surface area contributed by atoms with Gasteiger partial charge in [-0.3, -0.25) is 14.6 Å². The van der Waals surface area contributed by atoms with Crippen molar-refractivity contribution in [2.45, 2.75) is 19.4 Å². The van der Waals surface area contributed by atoms with Crippen LogP contribution in [0.1, 0.15) is 17.5 Å². The average Bonchev–Trinajstić information content (AvgIpc) is 2.95. The normalized spacial score (nSPS) is 22.5. The van der Waals surface area contributed by atoms with Crippen molar-refractivity contribution in [3.05, 3.63) is 23.0 Å². The maximum absolute atomic E-state index is 15.3. The molecule has 0 saturated carbocycles. The quantitative estimate of drug-likeness (QED) is 0.669. The van der Waals surface area contributed by atoms with Gasteiger partial charge in [-0.1, -0.05) is 0 Å². The second-order valence-corrected chi connectivity index (χ2v) is 9.16. The van der Waals surface area contributed by atoms with Crippen LogP contribution in [-0.2, 0) is 32.7 Å². The number of halogens is 1. The number of phenols is 1. The molecular formula is C18H25FN4O5S. The van der Waals surface area contributed by atoms with Gasteiger partial charge in [0.15, 0.2) is 5.82 Å².